The Labute approximate surface area is 120 Å². The molecule has 0 aromatic heterocycles. The Kier molecular flexibility index (Phi) is 5.00. The van der Waals surface area contributed by atoms with Crippen molar-refractivity contribution in [2.75, 3.05) is 19.5 Å². The predicted octanol–water partition coefficient (Wildman–Crippen LogP) is 2.32. The molecule has 0 bridgehead atoms. The van der Waals surface area contributed by atoms with Crippen LogP contribution < -0.4 is 20.5 Å². The molecule has 1 amide bonds. The highest BCUT2D eigenvalue weighted by Gasteiger charge is 2.27. The summed E-state index contributed by atoms with van der Waals surface area (Å²) in [6.07, 6.45) is 0. The number of anilines is 1. The van der Waals surface area contributed by atoms with Crippen LogP contribution in [-0.2, 0) is 4.79 Å². The number of amides is 1. The van der Waals surface area contributed by atoms with Crippen LogP contribution in [0.2, 0.25) is 0 Å². The molecule has 1 rings (SSSR count). The van der Waals surface area contributed by atoms with Gasteiger partial charge in [0.05, 0.1) is 20.3 Å². The summed E-state index contributed by atoms with van der Waals surface area (Å²) < 4.78 is 10.4. The van der Waals surface area contributed by atoms with Gasteiger partial charge in [-0.25, -0.2) is 0 Å². The number of benzene rings is 1. The molecular weight excluding hydrogens is 256 g/mol. The second kappa shape index (κ2) is 6.13. The van der Waals surface area contributed by atoms with Gasteiger partial charge in [-0.05, 0) is 24.0 Å². The lowest BCUT2D eigenvalue weighted by molar-refractivity contribution is -0.119. The van der Waals surface area contributed by atoms with Gasteiger partial charge in [-0.2, -0.15) is 0 Å². The number of carbonyl (C=O) groups excluding carboxylic acids is 1. The van der Waals surface area contributed by atoms with Crippen molar-refractivity contribution in [2.24, 2.45) is 11.1 Å². The maximum atomic E-state index is 12.2. The molecule has 0 aliphatic rings. The minimum absolute atomic E-state index is 0.215. The predicted molar refractivity (Wildman–Crippen MR) is 80.3 cm³/mol. The SMILES string of the molecule is COc1cc(C)c(NC(=O)C(N)C(C)(C)C)cc1OC. The molecule has 5 heteroatoms. The van der Waals surface area contributed by atoms with Crippen LogP contribution >= 0.6 is 0 Å². The first-order valence-corrected chi connectivity index (χ1v) is 6.49. The quantitative estimate of drug-likeness (QED) is 0.887. The first-order chi connectivity index (χ1) is 9.20. The third-order valence-electron chi connectivity index (χ3n) is 3.20. The molecular formula is C15H24N2O3. The van der Waals surface area contributed by atoms with E-state index in [1.54, 1.807) is 20.3 Å². The summed E-state index contributed by atoms with van der Waals surface area (Å²) in [5.41, 5.74) is 7.21. The van der Waals surface area contributed by atoms with Crippen LogP contribution in [-0.4, -0.2) is 26.2 Å². The summed E-state index contributed by atoms with van der Waals surface area (Å²) in [5, 5.41) is 2.84. The van der Waals surface area contributed by atoms with E-state index < -0.39 is 6.04 Å². The fraction of sp³-hybridized carbons (Fsp3) is 0.533. The minimum Gasteiger partial charge on any atom is -0.493 e. The average Bonchev–Trinajstić information content (AvgIpc) is 2.38. The van der Waals surface area contributed by atoms with Crippen molar-refractivity contribution < 1.29 is 14.3 Å². The first-order valence-electron chi connectivity index (χ1n) is 6.49. The summed E-state index contributed by atoms with van der Waals surface area (Å²) in [7, 11) is 3.13. The minimum atomic E-state index is -0.588. The Balaban J connectivity index is 3.01. The van der Waals surface area contributed by atoms with Crippen LogP contribution in [0, 0.1) is 12.3 Å². The molecule has 0 saturated heterocycles. The van der Waals surface area contributed by atoms with Crippen LogP contribution in [0.25, 0.3) is 0 Å². The zero-order valence-corrected chi connectivity index (χ0v) is 13.0. The number of nitrogens with one attached hydrogen (secondary N) is 1. The number of nitrogens with two attached hydrogens (primary N) is 1. The van der Waals surface area contributed by atoms with Crippen molar-refractivity contribution in [3.63, 3.8) is 0 Å². The van der Waals surface area contributed by atoms with Crippen LogP contribution in [0.4, 0.5) is 5.69 Å². The van der Waals surface area contributed by atoms with Crippen molar-refractivity contribution in [1.29, 1.82) is 0 Å². The average molecular weight is 280 g/mol. The second-order valence-electron chi connectivity index (χ2n) is 5.86. The van der Waals surface area contributed by atoms with Crippen LogP contribution in [0.5, 0.6) is 11.5 Å². The second-order valence-corrected chi connectivity index (χ2v) is 5.86. The van der Waals surface area contributed by atoms with E-state index in [9.17, 15) is 4.79 Å². The lowest BCUT2D eigenvalue weighted by atomic mass is 9.87. The Morgan fingerprint density at radius 1 is 1.20 bits per heavy atom. The monoisotopic (exact) mass is 280 g/mol. The van der Waals surface area contributed by atoms with Gasteiger partial charge in [0.2, 0.25) is 5.91 Å². The van der Waals surface area contributed by atoms with Crippen molar-refractivity contribution in [1.82, 2.24) is 0 Å². The number of rotatable bonds is 4. The number of ether oxygens (including phenoxy) is 2. The van der Waals surface area contributed by atoms with E-state index in [1.165, 1.54) is 0 Å². The first kappa shape index (κ1) is 16.3. The smallest absolute Gasteiger partial charge is 0.241 e. The summed E-state index contributed by atoms with van der Waals surface area (Å²) in [5.74, 6) is 0.980. The van der Waals surface area contributed by atoms with Gasteiger partial charge < -0.3 is 20.5 Å². The normalized spacial score (nSPS) is 12.8. The Bertz CT molecular complexity index is 493. The third kappa shape index (κ3) is 3.63. The summed E-state index contributed by atoms with van der Waals surface area (Å²) in [6, 6.07) is 2.97. The molecule has 0 aliphatic carbocycles. The van der Waals surface area contributed by atoms with Gasteiger partial charge in [-0.15, -0.1) is 0 Å². The van der Waals surface area contributed by atoms with E-state index in [-0.39, 0.29) is 11.3 Å². The molecule has 5 nitrogen and oxygen atoms in total. The van der Waals surface area contributed by atoms with E-state index >= 15 is 0 Å². The van der Waals surface area contributed by atoms with Crippen LogP contribution in [0.3, 0.4) is 0 Å². The van der Waals surface area contributed by atoms with E-state index in [2.05, 4.69) is 5.32 Å². The Hall–Kier alpha value is -1.75. The number of carbonyl (C=O) groups is 1. The number of hydrogen-bond acceptors (Lipinski definition) is 4. The maximum Gasteiger partial charge on any atom is 0.241 e. The highest BCUT2D eigenvalue weighted by molar-refractivity contribution is 5.96. The molecule has 0 spiro atoms. The van der Waals surface area contributed by atoms with Gasteiger partial charge in [0, 0.05) is 11.8 Å². The Morgan fingerprint density at radius 3 is 2.15 bits per heavy atom. The van der Waals surface area contributed by atoms with Crippen molar-refractivity contribution in [3.8, 4) is 11.5 Å². The van der Waals surface area contributed by atoms with Gasteiger partial charge in [0.15, 0.2) is 11.5 Å². The molecule has 1 atom stereocenters. The highest BCUT2D eigenvalue weighted by Crippen LogP contribution is 2.33. The van der Waals surface area contributed by atoms with E-state index in [1.807, 2.05) is 33.8 Å². The summed E-state index contributed by atoms with van der Waals surface area (Å²) >= 11 is 0. The zero-order valence-electron chi connectivity index (χ0n) is 13.0. The molecule has 1 unspecified atom stereocenters. The van der Waals surface area contributed by atoms with Crippen molar-refractivity contribution >= 4 is 11.6 Å². The van der Waals surface area contributed by atoms with Gasteiger partial charge >= 0.3 is 0 Å². The van der Waals surface area contributed by atoms with Crippen molar-refractivity contribution in [2.45, 2.75) is 33.7 Å². The van der Waals surface area contributed by atoms with Crippen molar-refractivity contribution in [3.05, 3.63) is 17.7 Å². The largest absolute Gasteiger partial charge is 0.493 e. The molecule has 3 N–H and O–H groups in total. The van der Waals surface area contributed by atoms with E-state index in [0.717, 1.165) is 5.56 Å². The third-order valence-corrected chi connectivity index (χ3v) is 3.20. The van der Waals surface area contributed by atoms with Gasteiger partial charge in [0.1, 0.15) is 0 Å². The molecule has 0 radical (unpaired) electrons. The molecule has 112 valence electrons. The molecule has 20 heavy (non-hydrogen) atoms. The fourth-order valence-corrected chi connectivity index (χ4v) is 1.72. The number of aryl methyl sites for hydroxylation is 1. The van der Waals surface area contributed by atoms with E-state index in [4.69, 9.17) is 15.2 Å². The highest BCUT2D eigenvalue weighted by atomic mass is 16.5. The summed E-state index contributed by atoms with van der Waals surface area (Å²) in [6.45, 7) is 7.68. The topological polar surface area (TPSA) is 73.6 Å². The Morgan fingerprint density at radius 2 is 1.70 bits per heavy atom. The summed E-state index contributed by atoms with van der Waals surface area (Å²) in [4.78, 5) is 12.2. The number of hydrogen-bond donors (Lipinski definition) is 2. The molecule has 0 fully saturated rings. The fourth-order valence-electron chi connectivity index (χ4n) is 1.72. The molecule has 1 aromatic carbocycles. The van der Waals surface area contributed by atoms with Crippen LogP contribution in [0.15, 0.2) is 12.1 Å². The van der Waals surface area contributed by atoms with Gasteiger partial charge in [-0.1, -0.05) is 20.8 Å². The molecule has 0 saturated carbocycles. The maximum absolute atomic E-state index is 12.2. The zero-order chi connectivity index (χ0) is 15.5. The number of methoxy groups -OCH3 is 2. The lowest BCUT2D eigenvalue weighted by Gasteiger charge is -2.26. The van der Waals surface area contributed by atoms with Gasteiger partial charge in [0.25, 0.3) is 0 Å². The van der Waals surface area contributed by atoms with Crippen LogP contribution in [0.1, 0.15) is 26.3 Å². The lowest BCUT2D eigenvalue weighted by Crippen LogP contribution is -2.45. The molecule has 0 heterocycles. The molecule has 0 aliphatic heterocycles. The van der Waals surface area contributed by atoms with E-state index in [0.29, 0.717) is 17.2 Å². The van der Waals surface area contributed by atoms with Gasteiger partial charge in [-0.3, -0.25) is 4.79 Å². The standard InChI is InChI=1S/C15H24N2O3/c1-9-7-11(19-5)12(20-6)8-10(9)17-14(18)13(16)15(2,3)4/h7-8,13H,16H2,1-6H3,(H,17,18). The molecule has 1 aromatic rings.